The Morgan fingerprint density at radius 1 is 1.43 bits per heavy atom. The lowest BCUT2D eigenvalue weighted by molar-refractivity contribution is -0.0553. The third kappa shape index (κ3) is 3.36. The van der Waals surface area contributed by atoms with Gasteiger partial charge in [0.05, 0.1) is 17.0 Å². The van der Waals surface area contributed by atoms with E-state index in [0.717, 1.165) is 30.8 Å². The molecular weight excluding hydrogens is 288 g/mol. The number of halogens is 1. The summed E-state index contributed by atoms with van der Waals surface area (Å²) in [4.78, 5) is 4.00. The standard InChI is InChI=1S/C15H19ClN4O/c1-15(2)8-12(5-6-21-15)19-13-7-11(16)3-4-14(13)20-10-17-9-18-20/h3-4,7,9-10,12,19H,5-6,8H2,1-2H3. The van der Waals surface area contributed by atoms with E-state index in [1.165, 1.54) is 6.33 Å². The summed E-state index contributed by atoms with van der Waals surface area (Å²) in [6.07, 6.45) is 5.14. The topological polar surface area (TPSA) is 52.0 Å². The number of anilines is 1. The molecule has 1 aliphatic rings. The molecule has 112 valence electrons. The lowest BCUT2D eigenvalue weighted by Gasteiger charge is -2.36. The number of nitrogens with one attached hydrogen (secondary N) is 1. The Hall–Kier alpha value is -1.59. The zero-order valence-electron chi connectivity index (χ0n) is 12.2. The van der Waals surface area contributed by atoms with E-state index in [1.54, 1.807) is 11.0 Å². The van der Waals surface area contributed by atoms with Crippen molar-refractivity contribution in [1.82, 2.24) is 14.8 Å². The van der Waals surface area contributed by atoms with Crippen LogP contribution in [-0.2, 0) is 4.74 Å². The lowest BCUT2D eigenvalue weighted by atomic mass is 9.93. The molecule has 0 radical (unpaired) electrons. The van der Waals surface area contributed by atoms with Crippen LogP contribution >= 0.6 is 11.6 Å². The maximum absolute atomic E-state index is 6.14. The van der Waals surface area contributed by atoms with E-state index in [1.807, 2.05) is 18.2 Å². The van der Waals surface area contributed by atoms with Crippen molar-refractivity contribution in [2.45, 2.75) is 38.3 Å². The molecule has 1 aliphatic heterocycles. The molecule has 0 bridgehead atoms. The van der Waals surface area contributed by atoms with E-state index in [-0.39, 0.29) is 5.60 Å². The molecule has 3 rings (SSSR count). The van der Waals surface area contributed by atoms with Gasteiger partial charge < -0.3 is 10.1 Å². The van der Waals surface area contributed by atoms with Gasteiger partial charge in [-0.05, 0) is 44.9 Å². The number of ether oxygens (including phenoxy) is 1. The highest BCUT2D eigenvalue weighted by molar-refractivity contribution is 6.31. The fourth-order valence-electron chi connectivity index (χ4n) is 2.73. The van der Waals surface area contributed by atoms with Crippen LogP contribution in [0.3, 0.4) is 0 Å². The Labute approximate surface area is 129 Å². The smallest absolute Gasteiger partial charge is 0.138 e. The number of nitrogens with zero attached hydrogens (tertiary/aromatic N) is 3. The summed E-state index contributed by atoms with van der Waals surface area (Å²) >= 11 is 6.14. The maximum Gasteiger partial charge on any atom is 0.138 e. The van der Waals surface area contributed by atoms with Crippen LogP contribution in [0.5, 0.6) is 0 Å². The first-order valence-corrected chi connectivity index (χ1v) is 7.46. The number of hydrogen-bond acceptors (Lipinski definition) is 4. The molecule has 6 heteroatoms. The van der Waals surface area contributed by atoms with E-state index in [2.05, 4.69) is 29.2 Å². The van der Waals surface area contributed by atoms with E-state index < -0.39 is 0 Å². The second kappa shape index (κ2) is 5.66. The van der Waals surface area contributed by atoms with E-state index in [0.29, 0.717) is 11.1 Å². The van der Waals surface area contributed by atoms with Crippen LogP contribution in [0.15, 0.2) is 30.9 Å². The number of hydrogen-bond donors (Lipinski definition) is 1. The van der Waals surface area contributed by atoms with Gasteiger partial charge in [-0.25, -0.2) is 9.67 Å². The Morgan fingerprint density at radius 2 is 2.29 bits per heavy atom. The van der Waals surface area contributed by atoms with Gasteiger partial charge in [0.25, 0.3) is 0 Å². The highest BCUT2D eigenvalue weighted by Crippen LogP contribution is 2.30. The zero-order chi connectivity index (χ0) is 14.9. The molecule has 0 amide bonds. The summed E-state index contributed by atoms with van der Waals surface area (Å²) in [5.41, 5.74) is 1.82. The summed E-state index contributed by atoms with van der Waals surface area (Å²) < 4.78 is 7.51. The van der Waals surface area contributed by atoms with E-state index >= 15 is 0 Å². The van der Waals surface area contributed by atoms with Crippen LogP contribution in [0.2, 0.25) is 5.02 Å². The fourth-order valence-corrected chi connectivity index (χ4v) is 2.90. The second-order valence-electron chi connectivity index (χ2n) is 5.94. The fraction of sp³-hybridized carbons (Fsp3) is 0.467. The molecule has 0 spiro atoms. The first-order valence-electron chi connectivity index (χ1n) is 7.08. The Morgan fingerprint density at radius 3 is 3.00 bits per heavy atom. The molecular formula is C15H19ClN4O. The van der Waals surface area contributed by atoms with Gasteiger partial charge in [-0.3, -0.25) is 0 Å². The van der Waals surface area contributed by atoms with Gasteiger partial charge in [0.2, 0.25) is 0 Å². The van der Waals surface area contributed by atoms with Gasteiger partial charge in [0.15, 0.2) is 0 Å². The maximum atomic E-state index is 6.14. The average molecular weight is 307 g/mol. The monoisotopic (exact) mass is 306 g/mol. The normalized spacial score (nSPS) is 21.2. The van der Waals surface area contributed by atoms with Crippen LogP contribution in [-0.4, -0.2) is 33.0 Å². The van der Waals surface area contributed by atoms with E-state index in [9.17, 15) is 0 Å². The van der Waals surface area contributed by atoms with Gasteiger partial charge >= 0.3 is 0 Å². The van der Waals surface area contributed by atoms with Crippen LogP contribution < -0.4 is 5.32 Å². The van der Waals surface area contributed by atoms with Crippen molar-refractivity contribution in [3.63, 3.8) is 0 Å². The minimum atomic E-state index is -0.0953. The molecule has 5 nitrogen and oxygen atoms in total. The summed E-state index contributed by atoms with van der Waals surface area (Å²) in [6.45, 7) is 5.01. The molecule has 2 aromatic rings. The quantitative estimate of drug-likeness (QED) is 0.945. The predicted octanol–water partition coefficient (Wildman–Crippen LogP) is 3.29. The molecule has 1 aromatic heterocycles. The van der Waals surface area contributed by atoms with Crippen molar-refractivity contribution in [2.24, 2.45) is 0 Å². The molecule has 1 atom stereocenters. The van der Waals surface area contributed by atoms with Crippen molar-refractivity contribution in [3.05, 3.63) is 35.9 Å². The minimum absolute atomic E-state index is 0.0953. The van der Waals surface area contributed by atoms with Crippen LogP contribution in [0.1, 0.15) is 26.7 Å². The molecule has 2 heterocycles. The number of aromatic nitrogens is 3. The van der Waals surface area contributed by atoms with Gasteiger partial charge in [0, 0.05) is 17.7 Å². The van der Waals surface area contributed by atoms with Gasteiger partial charge in [-0.2, -0.15) is 5.10 Å². The second-order valence-corrected chi connectivity index (χ2v) is 6.38. The van der Waals surface area contributed by atoms with Crippen LogP contribution in [0, 0.1) is 0 Å². The van der Waals surface area contributed by atoms with Crippen LogP contribution in [0.25, 0.3) is 5.69 Å². The molecule has 0 saturated carbocycles. The van der Waals surface area contributed by atoms with E-state index in [4.69, 9.17) is 16.3 Å². The Bertz CT molecular complexity index is 612. The highest BCUT2D eigenvalue weighted by Gasteiger charge is 2.29. The summed E-state index contributed by atoms with van der Waals surface area (Å²) in [5.74, 6) is 0. The van der Waals surface area contributed by atoms with Crippen molar-refractivity contribution >= 4 is 17.3 Å². The number of benzene rings is 1. The molecule has 1 fully saturated rings. The Balaban J connectivity index is 1.86. The number of rotatable bonds is 3. The van der Waals surface area contributed by atoms with Gasteiger partial charge in [-0.15, -0.1) is 0 Å². The third-order valence-corrected chi connectivity index (χ3v) is 3.92. The van der Waals surface area contributed by atoms with Crippen molar-refractivity contribution in [2.75, 3.05) is 11.9 Å². The average Bonchev–Trinajstić information content (AvgIpc) is 2.91. The van der Waals surface area contributed by atoms with Gasteiger partial charge in [0.1, 0.15) is 12.7 Å². The summed E-state index contributed by atoms with van der Waals surface area (Å²) in [6, 6.07) is 6.09. The molecule has 1 unspecified atom stereocenters. The van der Waals surface area contributed by atoms with Crippen LogP contribution in [0.4, 0.5) is 5.69 Å². The molecule has 21 heavy (non-hydrogen) atoms. The summed E-state index contributed by atoms with van der Waals surface area (Å²) in [5, 5.41) is 8.48. The van der Waals surface area contributed by atoms with Crippen molar-refractivity contribution in [3.8, 4) is 5.69 Å². The van der Waals surface area contributed by atoms with Gasteiger partial charge in [-0.1, -0.05) is 11.6 Å². The van der Waals surface area contributed by atoms with Crippen molar-refractivity contribution in [1.29, 1.82) is 0 Å². The molecule has 1 aromatic carbocycles. The third-order valence-electron chi connectivity index (χ3n) is 3.68. The van der Waals surface area contributed by atoms with Crippen molar-refractivity contribution < 1.29 is 4.74 Å². The minimum Gasteiger partial charge on any atom is -0.380 e. The molecule has 1 N–H and O–H groups in total. The highest BCUT2D eigenvalue weighted by atomic mass is 35.5. The molecule has 0 aliphatic carbocycles. The SMILES string of the molecule is CC1(C)CC(Nc2cc(Cl)ccc2-n2cncn2)CCO1. The first-order chi connectivity index (χ1) is 10.0. The largest absolute Gasteiger partial charge is 0.380 e. The Kier molecular flexibility index (Phi) is 3.87. The zero-order valence-corrected chi connectivity index (χ0v) is 13.0. The predicted molar refractivity (Wildman–Crippen MR) is 83.0 cm³/mol. The summed E-state index contributed by atoms with van der Waals surface area (Å²) in [7, 11) is 0. The lowest BCUT2D eigenvalue weighted by Crippen LogP contribution is -2.40. The molecule has 1 saturated heterocycles. The first kappa shape index (κ1) is 14.4.